The molecule has 0 aromatic heterocycles. The molecule has 0 N–H and O–H groups in total. The molecule has 0 nitrogen and oxygen atoms in total. The van der Waals surface area contributed by atoms with Gasteiger partial charge in [-0.3, -0.25) is 0 Å². The van der Waals surface area contributed by atoms with Crippen LogP contribution in [0.5, 0.6) is 0 Å². The van der Waals surface area contributed by atoms with Gasteiger partial charge in [0.1, 0.15) is 0 Å². The van der Waals surface area contributed by atoms with E-state index in [1.54, 1.807) is 0 Å². The second kappa shape index (κ2) is 14.1. The van der Waals surface area contributed by atoms with Crippen LogP contribution in [0.1, 0.15) is 29.2 Å². The Morgan fingerprint density at radius 3 is 2.04 bits per heavy atom. The molecule has 0 aliphatic heterocycles. The van der Waals surface area contributed by atoms with Crippen molar-refractivity contribution in [2.45, 2.75) is 40.7 Å². The third kappa shape index (κ3) is 9.47. The monoisotopic (exact) mass is 446 g/mol. The molecule has 0 amide bonds. The smallest absolute Gasteiger partial charge is 0.0630 e. The zero-order chi connectivity index (χ0) is 17.4. The SMILES string of the molecule is CC[Si](Cl)=[Ti+2].Cc1c[c-](C)c(C)c1C.[Cl-].[Cl-].c1ccc2[cH-]ccc2c1. The predicted molar refractivity (Wildman–Crippen MR) is 103 cm³/mol. The first-order valence-electron chi connectivity index (χ1n) is 7.90. The summed E-state index contributed by atoms with van der Waals surface area (Å²) in [5.74, 6) is 0. The standard InChI is InChI=1S/C9H7.C9H13.C2H5ClSi.2ClH.Ti/c1-2-5-9-7-3-6-8(9)4-1;1-6-5-7(2)9(4)8(6)3;1-2-4-3;;;/h1-7H;5H,1-4H3;2H2,1H3;2*1H;/q2*-1;;;;+2/p-2. The van der Waals surface area contributed by atoms with Crippen LogP contribution in [0.15, 0.2) is 48.5 Å². The van der Waals surface area contributed by atoms with Crippen molar-refractivity contribution in [2.24, 2.45) is 0 Å². The third-order valence-electron chi connectivity index (χ3n) is 4.04. The topological polar surface area (TPSA) is 0 Å². The Bertz CT molecular complexity index is 707. The molecule has 0 fully saturated rings. The molecule has 0 aliphatic rings. The average Bonchev–Trinajstić information content (AvgIpc) is 3.10. The van der Waals surface area contributed by atoms with Crippen LogP contribution in [0, 0.1) is 27.7 Å². The quantitative estimate of drug-likeness (QED) is 0.289. The molecular formula is C20H25Cl3SiTi-2. The Hall–Kier alpha value is -0.0188. The zero-order valence-electron chi connectivity index (χ0n) is 15.5. The predicted octanol–water partition coefficient (Wildman–Crippen LogP) is 0.486. The van der Waals surface area contributed by atoms with Gasteiger partial charge in [0.05, 0.1) is 0 Å². The molecule has 0 saturated carbocycles. The van der Waals surface area contributed by atoms with Crippen LogP contribution >= 0.6 is 11.1 Å². The first kappa shape index (κ1) is 27.2. The summed E-state index contributed by atoms with van der Waals surface area (Å²) < 4.78 is 0. The minimum absolute atomic E-state index is 0. The summed E-state index contributed by atoms with van der Waals surface area (Å²) in [6.07, 6.45) is 0. The van der Waals surface area contributed by atoms with Gasteiger partial charge in [0, 0.05) is 0 Å². The molecule has 5 heteroatoms. The molecule has 0 radical (unpaired) electrons. The molecule has 25 heavy (non-hydrogen) atoms. The van der Waals surface area contributed by atoms with Crippen LogP contribution in [-0.4, -0.2) is 5.50 Å². The molecule has 3 aromatic carbocycles. The Labute approximate surface area is 181 Å². The maximum absolute atomic E-state index is 5.56. The largest absolute Gasteiger partial charge is 1.00 e. The van der Waals surface area contributed by atoms with E-state index in [-0.39, 0.29) is 24.8 Å². The normalized spacial score (nSPS) is 8.96. The number of benzene rings is 1. The molecule has 0 saturated heterocycles. The Morgan fingerprint density at radius 1 is 1.12 bits per heavy atom. The van der Waals surface area contributed by atoms with Gasteiger partial charge in [-0.05, 0) is 0 Å². The Kier molecular flexibility index (Phi) is 15.3. The molecular weight excluding hydrogens is 423 g/mol. The Morgan fingerprint density at radius 2 is 1.68 bits per heavy atom. The van der Waals surface area contributed by atoms with E-state index < -0.39 is 5.50 Å². The van der Waals surface area contributed by atoms with E-state index in [2.05, 4.69) is 102 Å². The number of halogens is 3. The molecule has 0 bridgehead atoms. The van der Waals surface area contributed by atoms with Gasteiger partial charge >= 0.3 is 48.7 Å². The average molecular weight is 448 g/mol. The summed E-state index contributed by atoms with van der Waals surface area (Å²) in [6.45, 7) is 10.8. The van der Waals surface area contributed by atoms with Crippen molar-refractivity contribution in [3.8, 4) is 0 Å². The second-order valence-electron chi connectivity index (χ2n) is 5.67. The molecule has 0 aliphatic carbocycles. The van der Waals surface area contributed by atoms with Gasteiger partial charge in [-0.15, -0.1) is 29.7 Å². The summed E-state index contributed by atoms with van der Waals surface area (Å²) in [5, 5.41) is 2.66. The molecule has 3 rings (SSSR count). The van der Waals surface area contributed by atoms with Crippen LogP contribution in [0.3, 0.4) is 0 Å². The fraction of sp³-hybridized carbons (Fsp3) is 0.300. The molecule has 0 atom stereocenters. The van der Waals surface area contributed by atoms with Crippen molar-refractivity contribution in [2.75, 3.05) is 0 Å². The van der Waals surface area contributed by atoms with Gasteiger partial charge < -0.3 is 24.8 Å². The minimum Gasteiger partial charge on any atom is -1.00 e. The van der Waals surface area contributed by atoms with E-state index in [0.717, 1.165) is 0 Å². The third-order valence-corrected chi connectivity index (χ3v) is 7.12. The van der Waals surface area contributed by atoms with E-state index in [4.69, 9.17) is 11.1 Å². The van der Waals surface area contributed by atoms with Crippen LogP contribution in [0.25, 0.3) is 10.8 Å². The Balaban J connectivity index is 0. The summed E-state index contributed by atoms with van der Waals surface area (Å²) in [7, 11) is 0. The molecule has 0 heterocycles. The van der Waals surface area contributed by atoms with Gasteiger partial charge in [-0.2, -0.15) is 45.8 Å². The van der Waals surface area contributed by atoms with Crippen molar-refractivity contribution in [3.63, 3.8) is 0 Å². The van der Waals surface area contributed by atoms with Gasteiger partial charge in [-0.25, -0.2) is 0 Å². The number of aryl methyl sites for hydroxylation is 2. The van der Waals surface area contributed by atoms with Crippen molar-refractivity contribution >= 4 is 27.3 Å². The van der Waals surface area contributed by atoms with Crippen molar-refractivity contribution in [1.82, 2.24) is 0 Å². The fourth-order valence-electron chi connectivity index (χ4n) is 2.20. The number of hydrogen-bond donors (Lipinski definition) is 0. The summed E-state index contributed by atoms with van der Waals surface area (Å²) in [6, 6.07) is 18.1. The van der Waals surface area contributed by atoms with Crippen molar-refractivity contribution in [1.29, 1.82) is 0 Å². The van der Waals surface area contributed by atoms with Gasteiger partial charge in [0.15, 0.2) is 0 Å². The van der Waals surface area contributed by atoms with Crippen LogP contribution in [0.2, 0.25) is 6.04 Å². The molecule has 0 spiro atoms. The van der Waals surface area contributed by atoms with E-state index >= 15 is 0 Å². The summed E-state index contributed by atoms with van der Waals surface area (Å²) >= 11 is 7.65. The minimum atomic E-state index is -0.402. The zero-order valence-corrected chi connectivity index (χ0v) is 20.3. The molecule has 0 unspecified atom stereocenters. The summed E-state index contributed by atoms with van der Waals surface area (Å²) in [5.41, 5.74) is 5.34. The first-order valence-corrected chi connectivity index (χ1v) is 13.0. The van der Waals surface area contributed by atoms with Gasteiger partial charge in [0.25, 0.3) is 0 Å². The fourth-order valence-corrected chi connectivity index (χ4v) is 2.20. The van der Waals surface area contributed by atoms with Crippen molar-refractivity contribution in [3.05, 3.63) is 70.8 Å². The maximum atomic E-state index is 5.56. The number of rotatable bonds is 1. The van der Waals surface area contributed by atoms with Gasteiger partial charge in [0.2, 0.25) is 0 Å². The van der Waals surface area contributed by atoms with Crippen LogP contribution in [-0.2, 0) is 19.2 Å². The van der Waals surface area contributed by atoms with Crippen molar-refractivity contribution < 1.29 is 44.0 Å². The van der Waals surface area contributed by atoms with E-state index in [1.807, 2.05) is 0 Å². The van der Waals surface area contributed by atoms with E-state index in [1.165, 1.54) is 39.1 Å². The maximum Gasteiger partial charge on any atom is -0.0630 e. The second-order valence-corrected chi connectivity index (χ2v) is 12.9. The molecule has 3 aromatic rings. The summed E-state index contributed by atoms with van der Waals surface area (Å²) in [4.78, 5) is 0. The van der Waals surface area contributed by atoms with E-state index in [0.29, 0.717) is 0 Å². The van der Waals surface area contributed by atoms with Crippen LogP contribution < -0.4 is 24.8 Å². The van der Waals surface area contributed by atoms with E-state index in [9.17, 15) is 0 Å². The molecule has 136 valence electrons. The number of hydrogen-bond acceptors (Lipinski definition) is 0. The van der Waals surface area contributed by atoms with Crippen LogP contribution in [0.4, 0.5) is 0 Å². The first-order chi connectivity index (χ1) is 10.9. The number of fused-ring (bicyclic) bond motifs is 1. The van der Waals surface area contributed by atoms with Gasteiger partial charge in [-0.1, -0.05) is 33.8 Å².